The number of esters is 3. The summed E-state index contributed by atoms with van der Waals surface area (Å²) in [5.41, 5.74) is -6.26. The fourth-order valence-electron chi connectivity index (χ4n) is 5.84. The standard InChI is InChI=1S/C34H26O23/c35-10-2-8(3-11(36)19(10)39)31(49)57-29-26(46)27-15(55-34(29)52)6-53-32(50)9-5-13(38)21(41)22(42)16(9)17-18(33(51)56-27)28(25(45)24(44)23(17)43)54-14-4-7(30(47)48)1-12(37)20(14)40/h1-5,15,26-27,29,34-46,52H,6H2,(H,47,48)/t15-,26+,27-,29-,34-/m1/s1. The van der Waals surface area contributed by atoms with Crippen molar-refractivity contribution < 1.29 is 114 Å². The number of aromatic carboxylic acids is 1. The number of benzene rings is 4. The molecule has 1 saturated heterocycles. The summed E-state index contributed by atoms with van der Waals surface area (Å²) in [4.78, 5) is 52.5. The summed E-state index contributed by atoms with van der Waals surface area (Å²) in [5.74, 6) is -23.5. The van der Waals surface area contributed by atoms with Crippen molar-refractivity contribution in [2.45, 2.75) is 30.7 Å². The van der Waals surface area contributed by atoms with Crippen molar-refractivity contribution in [3.63, 3.8) is 0 Å². The molecule has 2 aliphatic rings. The van der Waals surface area contributed by atoms with E-state index in [9.17, 15) is 90.7 Å². The van der Waals surface area contributed by atoms with E-state index < -0.39 is 169 Å². The van der Waals surface area contributed by atoms with Crippen LogP contribution in [0.15, 0.2) is 30.3 Å². The van der Waals surface area contributed by atoms with Crippen LogP contribution in [0.1, 0.15) is 41.4 Å². The minimum atomic E-state index is -2.41. The Morgan fingerprint density at radius 2 is 1.21 bits per heavy atom. The fourth-order valence-corrected chi connectivity index (χ4v) is 5.84. The summed E-state index contributed by atoms with van der Waals surface area (Å²) in [6.45, 7) is -1.09. The van der Waals surface area contributed by atoms with Crippen LogP contribution in [-0.4, -0.2) is 133 Å². The molecule has 300 valence electrons. The van der Waals surface area contributed by atoms with Gasteiger partial charge in [0.05, 0.1) is 22.3 Å². The molecule has 4 aromatic rings. The highest BCUT2D eigenvalue weighted by atomic mass is 16.7. The molecule has 57 heavy (non-hydrogen) atoms. The number of carbonyl (C=O) groups is 4. The second-order valence-corrected chi connectivity index (χ2v) is 12.1. The van der Waals surface area contributed by atoms with E-state index in [-0.39, 0.29) is 0 Å². The Morgan fingerprint density at radius 3 is 1.84 bits per heavy atom. The van der Waals surface area contributed by atoms with Crippen LogP contribution in [0.25, 0.3) is 11.1 Å². The Kier molecular flexibility index (Phi) is 9.67. The number of phenols is 11. The van der Waals surface area contributed by atoms with Crippen LogP contribution in [0, 0.1) is 0 Å². The quantitative estimate of drug-likeness (QED) is 0.0746. The molecule has 0 aliphatic carbocycles. The number of rotatable bonds is 5. The zero-order valence-corrected chi connectivity index (χ0v) is 27.9. The number of aromatic hydroxyl groups is 11. The fraction of sp³-hybridized carbons (Fsp3) is 0.176. The monoisotopic (exact) mass is 802 g/mol. The van der Waals surface area contributed by atoms with E-state index in [1.165, 1.54) is 0 Å². The zero-order valence-electron chi connectivity index (χ0n) is 27.9. The molecule has 14 N–H and O–H groups in total. The molecule has 0 bridgehead atoms. The Hall–Kier alpha value is -7.76. The van der Waals surface area contributed by atoms with Gasteiger partial charge < -0.3 is 95.2 Å². The van der Waals surface area contributed by atoms with Crippen molar-refractivity contribution in [2.24, 2.45) is 0 Å². The Balaban J connectivity index is 1.55. The number of hydrogen-bond donors (Lipinski definition) is 14. The first-order valence-electron chi connectivity index (χ1n) is 15.6. The summed E-state index contributed by atoms with van der Waals surface area (Å²) < 4.78 is 26.4. The van der Waals surface area contributed by atoms with Crippen LogP contribution in [0.2, 0.25) is 0 Å². The third-order valence-electron chi connectivity index (χ3n) is 8.62. The van der Waals surface area contributed by atoms with Gasteiger partial charge in [-0.25, -0.2) is 19.2 Å². The van der Waals surface area contributed by atoms with E-state index in [4.69, 9.17) is 23.7 Å². The van der Waals surface area contributed by atoms with Gasteiger partial charge in [-0.1, -0.05) is 0 Å². The summed E-state index contributed by atoms with van der Waals surface area (Å²) in [6, 6.07) is 2.78. The van der Waals surface area contributed by atoms with Gasteiger partial charge >= 0.3 is 23.9 Å². The van der Waals surface area contributed by atoms with Gasteiger partial charge in [0.25, 0.3) is 0 Å². The zero-order chi connectivity index (χ0) is 41.9. The van der Waals surface area contributed by atoms with Crippen molar-refractivity contribution in [3.05, 3.63) is 52.6 Å². The maximum atomic E-state index is 14.3. The van der Waals surface area contributed by atoms with Gasteiger partial charge in [0.2, 0.25) is 23.0 Å². The largest absolute Gasteiger partial charge is 0.504 e. The highest BCUT2D eigenvalue weighted by Crippen LogP contribution is 2.58. The van der Waals surface area contributed by atoms with Crippen LogP contribution in [-0.2, 0) is 18.9 Å². The molecule has 6 rings (SSSR count). The average Bonchev–Trinajstić information content (AvgIpc) is 3.17. The van der Waals surface area contributed by atoms with E-state index in [2.05, 4.69) is 0 Å². The molecule has 23 heteroatoms. The molecule has 23 nitrogen and oxygen atoms in total. The second kappa shape index (κ2) is 14.1. The predicted molar refractivity (Wildman–Crippen MR) is 176 cm³/mol. The highest BCUT2D eigenvalue weighted by molar-refractivity contribution is 6.10. The van der Waals surface area contributed by atoms with Gasteiger partial charge in [-0.15, -0.1) is 0 Å². The Labute approximate surface area is 314 Å². The average molecular weight is 803 g/mol. The Bertz CT molecular complexity index is 2360. The minimum Gasteiger partial charge on any atom is -0.504 e. The van der Waals surface area contributed by atoms with Gasteiger partial charge in [0.1, 0.15) is 24.4 Å². The van der Waals surface area contributed by atoms with Crippen molar-refractivity contribution in [3.8, 4) is 85.9 Å². The van der Waals surface area contributed by atoms with Crippen molar-refractivity contribution in [2.75, 3.05) is 6.61 Å². The number of carboxylic acids is 1. The van der Waals surface area contributed by atoms with Gasteiger partial charge in [-0.2, -0.15) is 0 Å². The molecule has 1 fully saturated rings. The number of cyclic esters (lactones) is 1. The number of aliphatic hydroxyl groups excluding tert-OH is 2. The van der Waals surface area contributed by atoms with Crippen LogP contribution in [0.4, 0.5) is 0 Å². The molecule has 0 unspecified atom stereocenters. The summed E-state index contributed by atoms with van der Waals surface area (Å²) in [7, 11) is 0. The first-order chi connectivity index (χ1) is 26.7. The number of fused-ring (bicyclic) bond motifs is 4. The van der Waals surface area contributed by atoms with Crippen molar-refractivity contribution in [1.82, 2.24) is 0 Å². The lowest BCUT2D eigenvalue weighted by Gasteiger charge is -2.41. The van der Waals surface area contributed by atoms with Gasteiger partial charge in [-0.05, 0) is 30.3 Å². The first-order valence-corrected chi connectivity index (χ1v) is 15.6. The molecule has 0 radical (unpaired) electrons. The molecule has 4 aromatic carbocycles. The summed E-state index contributed by atoms with van der Waals surface area (Å²) in [5, 5.41) is 146. The Morgan fingerprint density at radius 1 is 0.632 bits per heavy atom. The molecular weight excluding hydrogens is 776 g/mol. The van der Waals surface area contributed by atoms with Gasteiger partial charge in [0, 0.05) is 5.56 Å². The second-order valence-electron chi connectivity index (χ2n) is 12.1. The van der Waals surface area contributed by atoms with E-state index in [1.807, 2.05) is 0 Å². The van der Waals surface area contributed by atoms with E-state index in [1.54, 1.807) is 0 Å². The number of carboxylic acid groups (broad SMARTS) is 1. The highest BCUT2D eigenvalue weighted by Gasteiger charge is 2.51. The van der Waals surface area contributed by atoms with E-state index in [0.29, 0.717) is 30.3 Å². The van der Waals surface area contributed by atoms with Gasteiger partial charge in [-0.3, -0.25) is 0 Å². The maximum Gasteiger partial charge on any atom is 0.343 e. The van der Waals surface area contributed by atoms with Gasteiger partial charge in [0.15, 0.2) is 70.2 Å². The lowest BCUT2D eigenvalue weighted by Crippen LogP contribution is -2.61. The molecule has 5 atom stereocenters. The van der Waals surface area contributed by atoms with Crippen molar-refractivity contribution in [1.29, 1.82) is 0 Å². The maximum absolute atomic E-state index is 14.3. The van der Waals surface area contributed by atoms with Crippen LogP contribution in [0.3, 0.4) is 0 Å². The smallest absolute Gasteiger partial charge is 0.343 e. The predicted octanol–water partition coefficient (Wildman–Crippen LogP) is 0.605. The molecule has 0 spiro atoms. The number of carbonyl (C=O) groups excluding carboxylic acids is 3. The van der Waals surface area contributed by atoms with Crippen molar-refractivity contribution >= 4 is 23.9 Å². The molecule has 2 heterocycles. The third kappa shape index (κ3) is 6.58. The first kappa shape index (κ1) is 38.9. The molecule has 0 aromatic heterocycles. The molecule has 0 saturated carbocycles. The number of ether oxygens (including phenoxy) is 5. The molecule has 0 amide bonds. The van der Waals surface area contributed by atoms with E-state index in [0.717, 1.165) is 0 Å². The van der Waals surface area contributed by atoms with Crippen LogP contribution in [0.5, 0.6) is 74.7 Å². The molecular formula is C34H26O23. The van der Waals surface area contributed by atoms with Crippen LogP contribution < -0.4 is 4.74 Å². The summed E-state index contributed by atoms with van der Waals surface area (Å²) in [6.07, 6.45) is -11.2. The topological polar surface area (TPSA) is 398 Å². The molecule has 2 aliphatic heterocycles. The minimum absolute atomic E-state index is 0.446. The number of aliphatic hydroxyl groups is 2. The van der Waals surface area contributed by atoms with Crippen LogP contribution >= 0.6 is 0 Å². The normalized spacial score (nSPS) is 20.4. The number of phenolic OH excluding ortho intramolecular Hbond substituents is 11. The summed E-state index contributed by atoms with van der Waals surface area (Å²) >= 11 is 0. The van der Waals surface area contributed by atoms with E-state index >= 15 is 0 Å². The SMILES string of the molecule is O=C(O)c1cc(O)c(O)c(Oc2c(O)c(O)c(O)c3c2C(=O)O[C@H]2[C@H](O)[C@@H](OC(=O)c4cc(O)c(O)c(O)c4)[C@H](O)O[C@@H]2COC(=O)c2cc(O)c(O)c(O)c2-3)c1. The number of hydrogen-bond acceptors (Lipinski definition) is 22. The lowest BCUT2D eigenvalue weighted by atomic mass is 9.91. The third-order valence-corrected chi connectivity index (χ3v) is 8.62. The lowest BCUT2D eigenvalue weighted by molar-refractivity contribution is -0.284.